The minimum absolute atomic E-state index is 0.132. The zero-order chi connectivity index (χ0) is 21.3. The Morgan fingerprint density at radius 1 is 1.07 bits per heavy atom. The Labute approximate surface area is 187 Å². The summed E-state index contributed by atoms with van der Waals surface area (Å²) in [6, 6.07) is 9.64. The molecule has 0 amide bonds. The number of aryl methyl sites for hydroxylation is 2. The number of nitrogens with one attached hydrogen (secondary N) is 1. The third-order valence-electron chi connectivity index (χ3n) is 4.23. The highest BCUT2D eigenvalue weighted by atomic mass is 35.5. The topological polar surface area (TPSA) is 84.8 Å². The van der Waals surface area contributed by atoms with E-state index in [2.05, 4.69) is 20.3 Å². The Hall–Kier alpha value is -2.33. The molecule has 0 saturated heterocycles. The fraction of sp³-hybridized carbons (Fsp3) is 0.150. The van der Waals surface area contributed by atoms with Crippen LogP contribution in [0.1, 0.15) is 16.3 Å². The minimum Gasteiger partial charge on any atom is -0.316 e. The molecule has 0 aliphatic rings. The Morgan fingerprint density at radius 3 is 2.47 bits per heavy atom. The second kappa shape index (κ2) is 8.43. The summed E-state index contributed by atoms with van der Waals surface area (Å²) in [7, 11) is -3.47. The van der Waals surface area contributed by atoms with Crippen molar-refractivity contribution in [3.63, 3.8) is 0 Å². The van der Waals surface area contributed by atoms with Crippen LogP contribution in [0.15, 0.2) is 52.9 Å². The lowest BCUT2D eigenvalue weighted by molar-refractivity contribution is 0.595. The van der Waals surface area contributed by atoms with Gasteiger partial charge >= 0.3 is 0 Å². The van der Waals surface area contributed by atoms with Crippen molar-refractivity contribution in [3.8, 4) is 10.6 Å². The molecule has 1 aromatic carbocycles. The number of sulfone groups is 1. The van der Waals surface area contributed by atoms with Gasteiger partial charge in [0.05, 0.1) is 31.9 Å². The first-order chi connectivity index (χ1) is 14.3. The molecule has 0 atom stereocenters. The van der Waals surface area contributed by atoms with Crippen molar-refractivity contribution in [1.29, 1.82) is 0 Å². The molecule has 3 aromatic heterocycles. The molecule has 4 rings (SSSR count). The quantitative estimate of drug-likeness (QED) is 0.387. The fourth-order valence-electron chi connectivity index (χ4n) is 2.84. The van der Waals surface area contributed by atoms with Crippen LogP contribution in [0.2, 0.25) is 5.02 Å². The van der Waals surface area contributed by atoms with Crippen LogP contribution < -0.4 is 5.32 Å². The van der Waals surface area contributed by atoms with Gasteiger partial charge in [-0.2, -0.15) is 0 Å². The summed E-state index contributed by atoms with van der Waals surface area (Å²) in [4.78, 5) is 14.7. The zero-order valence-electron chi connectivity index (χ0n) is 16.1. The van der Waals surface area contributed by atoms with E-state index in [9.17, 15) is 8.42 Å². The predicted molar refractivity (Wildman–Crippen MR) is 123 cm³/mol. The van der Waals surface area contributed by atoms with Crippen LogP contribution in [0.3, 0.4) is 0 Å². The van der Waals surface area contributed by atoms with Gasteiger partial charge in [0.1, 0.15) is 5.82 Å². The van der Waals surface area contributed by atoms with Crippen LogP contribution in [-0.2, 0) is 15.6 Å². The molecular formula is C20H17ClN4O2S3. The molecule has 6 nitrogen and oxygen atoms in total. The molecule has 0 aliphatic heterocycles. The van der Waals surface area contributed by atoms with Crippen molar-refractivity contribution in [2.45, 2.75) is 24.5 Å². The summed E-state index contributed by atoms with van der Waals surface area (Å²) in [5.74, 6) is 0.466. The summed E-state index contributed by atoms with van der Waals surface area (Å²) in [6.07, 6.45) is 1.56. The van der Waals surface area contributed by atoms with Crippen molar-refractivity contribution in [3.05, 3.63) is 69.3 Å². The van der Waals surface area contributed by atoms with E-state index in [-0.39, 0.29) is 10.6 Å². The van der Waals surface area contributed by atoms with E-state index in [1.165, 1.54) is 23.5 Å². The van der Waals surface area contributed by atoms with Gasteiger partial charge < -0.3 is 5.32 Å². The van der Waals surface area contributed by atoms with Crippen LogP contribution in [0.25, 0.3) is 10.6 Å². The van der Waals surface area contributed by atoms with Gasteiger partial charge in [-0.25, -0.2) is 23.4 Å². The first kappa shape index (κ1) is 20.9. The predicted octanol–water partition coefficient (Wildman–Crippen LogP) is 5.65. The van der Waals surface area contributed by atoms with Gasteiger partial charge in [-0.15, -0.1) is 22.7 Å². The number of thiazole rings is 2. The number of anilines is 2. The van der Waals surface area contributed by atoms with Gasteiger partial charge in [-0.05, 0) is 49.7 Å². The SMILES string of the molecule is Cc1nc(C)c(-c2csc(Nc3ccc(CS(=O)(=O)c4ccc(Cl)cc4)cn3)n2)s1. The molecule has 0 fully saturated rings. The molecule has 0 saturated carbocycles. The largest absolute Gasteiger partial charge is 0.316 e. The maximum atomic E-state index is 12.6. The normalized spacial score (nSPS) is 11.6. The third-order valence-corrected chi connectivity index (χ3v) is 8.04. The van der Waals surface area contributed by atoms with E-state index >= 15 is 0 Å². The lowest BCUT2D eigenvalue weighted by Crippen LogP contribution is -2.05. The second-order valence-corrected chi connectivity index (χ2v) is 11.1. The standard InChI is InChI=1S/C20H17ClN4O2S3/c1-12-19(29-13(2)23-12)17-10-28-20(24-17)25-18-8-3-14(9-22-18)11-30(26,27)16-6-4-15(21)5-7-16/h3-10H,11H2,1-2H3,(H,22,24,25). The summed E-state index contributed by atoms with van der Waals surface area (Å²) in [6.45, 7) is 3.95. The van der Waals surface area contributed by atoms with E-state index in [0.717, 1.165) is 21.3 Å². The van der Waals surface area contributed by atoms with Gasteiger partial charge in [0.25, 0.3) is 0 Å². The number of hydrogen-bond donors (Lipinski definition) is 1. The molecule has 1 N–H and O–H groups in total. The molecule has 3 heterocycles. The van der Waals surface area contributed by atoms with Crippen LogP contribution in [0, 0.1) is 13.8 Å². The lowest BCUT2D eigenvalue weighted by Gasteiger charge is -2.06. The Balaban J connectivity index is 1.45. The van der Waals surface area contributed by atoms with Gasteiger partial charge in [0, 0.05) is 16.6 Å². The van der Waals surface area contributed by atoms with Crippen molar-refractivity contribution in [2.24, 2.45) is 0 Å². The summed E-state index contributed by atoms with van der Waals surface area (Å²) < 4.78 is 25.1. The third kappa shape index (κ3) is 4.70. The van der Waals surface area contributed by atoms with Gasteiger partial charge in [0.2, 0.25) is 0 Å². The molecule has 4 aromatic rings. The van der Waals surface area contributed by atoms with Crippen LogP contribution in [-0.4, -0.2) is 23.4 Å². The number of halogens is 1. The van der Waals surface area contributed by atoms with E-state index in [1.807, 2.05) is 19.2 Å². The van der Waals surface area contributed by atoms with Gasteiger partial charge in [0.15, 0.2) is 15.0 Å². The number of aromatic nitrogens is 3. The molecule has 0 bridgehead atoms. The zero-order valence-corrected chi connectivity index (χ0v) is 19.3. The molecule has 154 valence electrons. The second-order valence-electron chi connectivity index (χ2n) is 6.58. The smallest absolute Gasteiger partial charge is 0.188 e. The van der Waals surface area contributed by atoms with Gasteiger partial charge in [-0.3, -0.25) is 0 Å². The highest BCUT2D eigenvalue weighted by molar-refractivity contribution is 7.90. The number of pyridine rings is 1. The highest BCUT2D eigenvalue weighted by Gasteiger charge is 2.16. The Bertz CT molecular complexity index is 1280. The molecule has 0 unspecified atom stereocenters. The van der Waals surface area contributed by atoms with E-state index < -0.39 is 9.84 Å². The summed E-state index contributed by atoms with van der Waals surface area (Å²) >= 11 is 8.93. The van der Waals surface area contributed by atoms with Crippen molar-refractivity contribution in [1.82, 2.24) is 15.0 Å². The maximum Gasteiger partial charge on any atom is 0.188 e. The first-order valence-corrected chi connectivity index (χ1v) is 12.6. The van der Waals surface area contributed by atoms with Gasteiger partial charge in [-0.1, -0.05) is 17.7 Å². The molecule has 30 heavy (non-hydrogen) atoms. The molecule has 0 aliphatic carbocycles. The summed E-state index contributed by atoms with van der Waals surface area (Å²) in [5, 5.41) is 7.37. The summed E-state index contributed by atoms with van der Waals surface area (Å²) in [5.41, 5.74) is 2.46. The van der Waals surface area contributed by atoms with Crippen molar-refractivity contribution in [2.75, 3.05) is 5.32 Å². The monoisotopic (exact) mass is 476 g/mol. The number of benzene rings is 1. The molecule has 0 spiro atoms. The van der Waals surface area contributed by atoms with Crippen LogP contribution >= 0.6 is 34.3 Å². The van der Waals surface area contributed by atoms with Crippen molar-refractivity contribution >= 4 is 55.1 Å². The Kier molecular flexibility index (Phi) is 5.88. The molecule has 0 radical (unpaired) electrons. The lowest BCUT2D eigenvalue weighted by atomic mass is 10.3. The van der Waals surface area contributed by atoms with E-state index in [0.29, 0.717) is 21.5 Å². The number of nitrogens with zero attached hydrogens (tertiary/aromatic N) is 3. The molecular weight excluding hydrogens is 460 g/mol. The number of rotatable bonds is 6. The van der Waals surface area contributed by atoms with E-state index in [4.69, 9.17) is 11.6 Å². The average molecular weight is 477 g/mol. The van der Waals surface area contributed by atoms with Crippen molar-refractivity contribution < 1.29 is 8.42 Å². The number of hydrogen-bond acceptors (Lipinski definition) is 8. The van der Waals surface area contributed by atoms with Crippen LogP contribution in [0.4, 0.5) is 10.9 Å². The molecule has 10 heteroatoms. The highest BCUT2D eigenvalue weighted by Crippen LogP contribution is 2.32. The van der Waals surface area contributed by atoms with Crippen LogP contribution in [0.5, 0.6) is 0 Å². The maximum absolute atomic E-state index is 12.6. The fourth-order valence-corrected chi connectivity index (χ4v) is 5.96. The van der Waals surface area contributed by atoms with E-state index in [1.54, 1.807) is 41.8 Å². The first-order valence-electron chi connectivity index (χ1n) is 8.90. The Morgan fingerprint density at radius 2 is 1.83 bits per heavy atom. The minimum atomic E-state index is -3.47. The average Bonchev–Trinajstić information content (AvgIpc) is 3.29.